The van der Waals surface area contributed by atoms with Crippen LogP contribution >= 0.6 is 0 Å². The van der Waals surface area contributed by atoms with Gasteiger partial charge < -0.3 is 20.7 Å². The summed E-state index contributed by atoms with van der Waals surface area (Å²) < 4.78 is 5.07. The van der Waals surface area contributed by atoms with E-state index in [0.29, 0.717) is 32.2 Å². The lowest BCUT2D eigenvalue weighted by atomic mass is 10.0. The molecule has 1 aromatic rings. The van der Waals surface area contributed by atoms with Crippen molar-refractivity contribution in [3.8, 4) is 0 Å². The molecular formula is C22H35N5O2. The van der Waals surface area contributed by atoms with E-state index in [4.69, 9.17) is 10.5 Å². The van der Waals surface area contributed by atoms with Crippen LogP contribution in [0.3, 0.4) is 0 Å². The highest BCUT2D eigenvalue weighted by Crippen LogP contribution is 2.25. The van der Waals surface area contributed by atoms with E-state index in [0.717, 1.165) is 25.9 Å². The minimum absolute atomic E-state index is 0.223. The Balaban J connectivity index is 1.54. The number of rotatable bonds is 6. The van der Waals surface area contributed by atoms with Gasteiger partial charge in [0.05, 0.1) is 19.2 Å². The summed E-state index contributed by atoms with van der Waals surface area (Å²) in [5.41, 5.74) is 8.78. The minimum Gasteiger partial charge on any atom is -0.450 e. The SMILES string of the molecule is CCOC(=O)N1CCC(NC(N)=NCC(c2ccc(C)cc2)N2CCCC2)CC1. The lowest BCUT2D eigenvalue weighted by Gasteiger charge is -2.32. The Morgan fingerprint density at radius 2 is 1.86 bits per heavy atom. The van der Waals surface area contributed by atoms with E-state index < -0.39 is 0 Å². The van der Waals surface area contributed by atoms with Gasteiger partial charge in [0.25, 0.3) is 0 Å². The third-order valence-electron chi connectivity index (χ3n) is 5.85. The highest BCUT2D eigenvalue weighted by Gasteiger charge is 2.25. The molecule has 160 valence electrons. The topological polar surface area (TPSA) is 83.2 Å². The molecule has 1 unspecified atom stereocenters. The standard InChI is InChI=1S/C22H35N5O2/c1-3-29-22(28)27-14-10-19(11-15-27)25-21(23)24-16-20(26-12-4-5-13-26)18-8-6-17(2)7-9-18/h6-9,19-20H,3-5,10-16H2,1-2H3,(H3,23,24,25). The van der Waals surface area contributed by atoms with Crippen molar-refractivity contribution >= 4 is 12.1 Å². The molecule has 0 aromatic heterocycles. The van der Waals surface area contributed by atoms with Crippen LogP contribution in [0.2, 0.25) is 0 Å². The van der Waals surface area contributed by atoms with Crippen molar-refractivity contribution in [1.29, 1.82) is 0 Å². The number of hydrogen-bond acceptors (Lipinski definition) is 4. The maximum atomic E-state index is 11.8. The number of nitrogens with two attached hydrogens (primary N) is 1. The molecule has 3 rings (SSSR count). The molecule has 1 amide bonds. The first-order valence-electron chi connectivity index (χ1n) is 10.9. The maximum absolute atomic E-state index is 11.8. The maximum Gasteiger partial charge on any atom is 0.409 e. The zero-order valence-corrected chi connectivity index (χ0v) is 17.8. The van der Waals surface area contributed by atoms with Crippen molar-refractivity contribution in [2.75, 3.05) is 39.3 Å². The van der Waals surface area contributed by atoms with Gasteiger partial charge >= 0.3 is 6.09 Å². The Labute approximate surface area is 174 Å². The molecule has 2 aliphatic rings. The van der Waals surface area contributed by atoms with Crippen LogP contribution in [-0.4, -0.2) is 67.2 Å². The Bertz CT molecular complexity index is 677. The number of likely N-dealkylation sites (tertiary alicyclic amines) is 2. The number of nitrogens with zero attached hydrogens (tertiary/aromatic N) is 3. The second-order valence-corrected chi connectivity index (χ2v) is 8.00. The molecule has 0 spiro atoms. The van der Waals surface area contributed by atoms with Gasteiger partial charge in [-0.1, -0.05) is 29.8 Å². The van der Waals surface area contributed by atoms with Crippen LogP contribution < -0.4 is 11.1 Å². The van der Waals surface area contributed by atoms with E-state index in [1.807, 2.05) is 6.92 Å². The number of amides is 1. The van der Waals surface area contributed by atoms with Crippen molar-refractivity contribution in [2.24, 2.45) is 10.7 Å². The third-order valence-corrected chi connectivity index (χ3v) is 5.85. The van der Waals surface area contributed by atoms with Gasteiger partial charge in [-0.2, -0.15) is 0 Å². The zero-order valence-electron chi connectivity index (χ0n) is 17.8. The van der Waals surface area contributed by atoms with Crippen molar-refractivity contribution in [2.45, 2.75) is 51.6 Å². The van der Waals surface area contributed by atoms with Crippen LogP contribution in [0.5, 0.6) is 0 Å². The van der Waals surface area contributed by atoms with Gasteiger partial charge in [-0.05, 0) is 58.2 Å². The van der Waals surface area contributed by atoms with Crippen molar-refractivity contribution < 1.29 is 9.53 Å². The molecule has 2 fully saturated rings. The van der Waals surface area contributed by atoms with Crippen LogP contribution in [0.25, 0.3) is 0 Å². The predicted molar refractivity (Wildman–Crippen MR) is 116 cm³/mol. The highest BCUT2D eigenvalue weighted by atomic mass is 16.6. The Morgan fingerprint density at radius 1 is 1.21 bits per heavy atom. The number of carbonyl (C=O) groups excluding carboxylic acids is 1. The molecule has 7 heteroatoms. The van der Waals surface area contributed by atoms with E-state index in [2.05, 4.69) is 46.4 Å². The molecule has 1 aromatic carbocycles. The van der Waals surface area contributed by atoms with E-state index in [1.54, 1.807) is 4.90 Å². The average Bonchev–Trinajstić information content (AvgIpc) is 3.25. The number of nitrogens with one attached hydrogen (secondary N) is 1. The molecule has 0 saturated carbocycles. The second kappa shape index (κ2) is 10.5. The third kappa shape index (κ3) is 6.10. The Kier molecular flexibility index (Phi) is 7.75. The van der Waals surface area contributed by atoms with Crippen molar-refractivity contribution in [1.82, 2.24) is 15.1 Å². The van der Waals surface area contributed by atoms with Gasteiger partial charge in [0.2, 0.25) is 0 Å². The number of hydrogen-bond donors (Lipinski definition) is 2. The molecule has 0 radical (unpaired) electrons. The lowest BCUT2D eigenvalue weighted by Crippen LogP contribution is -2.48. The monoisotopic (exact) mass is 401 g/mol. The zero-order chi connectivity index (χ0) is 20.6. The van der Waals surface area contributed by atoms with E-state index >= 15 is 0 Å². The summed E-state index contributed by atoms with van der Waals surface area (Å²) in [6, 6.07) is 9.27. The fourth-order valence-electron chi connectivity index (χ4n) is 4.13. The van der Waals surface area contributed by atoms with Gasteiger partial charge in [0.1, 0.15) is 0 Å². The molecule has 7 nitrogen and oxygen atoms in total. The van der Waals surface area contributed by atoms with Crippen molar-refractivity contribution in [3.05, 3.63) is 35.4 Å². The molecule has 29 heavy (non-hydrogen) atoms. The summed E-state index contributed by atoms with van der Waals surface area (Å²) in [6.45, 7) is 8.62. The summed E-state index contributed by atoms with van der Waals surface area (Å²) in [5, 5.41) is 3.35. The number of ether oxygens (including phenoxy) is 1. The lowest BCUT2D eigenvalue weighted by molar-refractivity contribution is 0.0963. The van der Waals surface area contributed by atoms with Gasteiger partial charge in [-0.3, -0.25) is 9.89 Å². The molecule has 2 heterocycles. The molecule has 0 aliphatic carbocycles. The number of aliphatic imine (C=N–C) groups is 1. The molecule has 2 saturated heterocycles. The van der Waals surface area contributed by atoms with Crippen LogP contribution in [0.4, 0.5) is 4.79 Å². The first-order valence-corrected chi connectivity index (χ1v) is 10.9. The second-order valence-electron chi connectivity index (χ2n) is 8.00. The summed E-state index contributed by atoms with van der Waals surface area (Å²) in [6.07, 6.45) is 3.97. The Hall–Kier alpha value is -2.28. The van der Waals surface area contributed by atoms with E-state index in [9.17, 15) is 4.79 Å². The summed E-state index contributed by atoms with van der Waals surface area (Å²) in [4.78, 5) is 20.8. The molecule has 0 bridgehead atoms. The number of piperidine rings is 1. The molecular weight excluding hydrogens is 366 g/mol. The van der Waals surface area contributed by atoms with Gasteiger partial charge in [-0.25, -0.2) is 4.79 Å². The average molecular weight is 402 g/mol. The molecule has 2 aliphatic heterocycles. The fourth-order valence-corrected chi connectivity index (χ4v) is 4.13. The molecule has 1 atom stereocenters. The largest absolute Gasteiger partial charge is 0.450 e. The van der Waals surface area contributed by atoms with Gasteiger partial charge in [0.15, 0.2) is 5.96 Å². The number of guanidine groups is 1. The van der Waals surface area contributed by atoms with Crippen LogP contribution in [-0.2, 0) is 4.74 Å². The summed E-state index contributed by atoms with van der Waals surface area (Å²) >= 11 is 0. The summed E-state index contributed by atoms with van der Waals surface area (Å²) in [5.74, 6) is 0.496. The number of benzene rings is 1. The normalized spacial score (nSPS) is 19.9. The fraction of sp³-hybridized carbons (Fsp3) is 0.636. The Morgan fingerprint density at radius 3 is 2.48 bits per heavy atom. The quantitative estimate of drug-likeness (QED) is 0.566. The minimum atomic E-state index is -0.223. The summed E-state index contributed by atoms with van der Waals surface area (Å²) in [7, 11) is 0. The van der Waals surface area contributed by atoms with Crippen LogP contribution in [0, 0.1) is 6.92 Å². The first-order chi connectivity index (χ1) is 14.1. The number of aryl methyl sites for hydroxylation is 1. The van der Waals surface area contributed by atoms with Gasteiger partial charge in [-0.15, -0.1) is 0 Å². The predicted octanol–water partition coefficient (Wildman–Crippen LogP) is 2.66. The molecule has 3 N–H and O–H groups in total. The first kappa shape index (κ1) is 21.4. The smallest absolute Gasteiger partial charge is 0.409 e. The van der Waals surface area contributed by atoms with Gasteiger partial charge in [0, 0.05) is 19.1 Å². The highest BCUT2D eigenvalue weighted by molar-refractivity contribution is 5.78. The van der Waals surface area contributed by atoms with Crippen LogP contribution in [0.1, 0.15) is 49.8 Å². The van der Waals surface area contributed by atoms with Crippen LogP contribution in [0.15, 0.2) is 29.3 Å². The number of carbonyl (C=O) groups is 1. The van der Waals surface area contributed by atoms with E-state index in [-0.39, 0.29) is 18.2 Å². The van der Waals surface area contributed by atoms with Crippen molar-refractivity contribution in [3.63, 3.8) is 0 Å². The van der Waals surface area contributed by atoms with E-state index in [1.165, 1.54) is 24.0 Å².